The summed E-state index contributed by atoms with van der Waals surface area (Å²) in [5.41, 5.74) is 2.23. The summed E-state index contributed by atoms with van der Waals surface area (Å²) in [6.45, 7) is 6.92. The zero-order valence-electron chi connectivity index (χ0n) is 21.2. The lowest BCUT2D eigenvalue weighted by atomic mass is 10.1. The normalized spacial score (nSPS) is 19.6. The summed E-state index contributed by atoms with van der Waals surface area (Å²) < 4.78 is 13.8. The first kappa shape index (κ1) is 23.5. The predicted octanol–water partition coefficient (Wildman–Crippen LogP) is 4.23. The van der Waals surface area contributed by atoms with E-state index in [-0.39, 0.29) is 11.8 Å². The van der Waals surface area contributed by atoms with Crippen molar-refractivity contribution < 1.29 is 23.8 Å². The number of ether oxygens (including phenoxy) is 1. The molecule has 1 saturated carbocycles. The number of hydrogen-bond donors (Lipinski definition) is 2. The molecule has 6 rings (SSSR count). The maximum Gasteiger partial charge on any atom is 0.255 e. The van der Waals surface area contributed by atoms with Crippen LogP contribution in [0.3, 0.4) is 0 Å². The number of rotatable bonds is 6. The van der Waals surface area contributed by atoms with E-state index in [2.05, 4.69) is 10.4 Å². The van der Waals surface area contributed by atoms with Crippen molar-refractivity contribution in [2.75, 3.05) is 19.6 Å². The van der Waals surface area contributed by atoms with Gasteiger partial charge in [-0.2, -0.15) is 5.10 Å². The SMILES string of the molecule is Cc1oc2cc(Oc3ccnn4cc(C(=O)N5CC[C@@](C)(O)C5)c(C)c34)ccc2c1C(=O)NCC1CC1. The van der Waals surface area contributed by atoms with Crippen LogP contribution in [0.5, 0.6) is 11.5 Å². The molecule has 0 radical (unpaired) electrons. The Labute approximate surface area is 214 Å². The topological polar surface area (TPSA) is 109 Å². The summed E-state index contributed by atoms with van der Waals surface area (Å²) in [6, 6.07) is 7.17. The highest BCUT2D eigenvalue weighted by molar-refractivity contribution is 6.07. The highest BCUT2D eigenvalue weighted by Crippen LogP contribution is 2.35. The van der Waals surface area contributed by atoms with Crippen LogP contribution in [0, 0.1) is 19.8 Å². The Morgan fingerprint density at radius 1 is 1.27 bits per heavy atom. The molecule has 1 aliphatic carbocycles. The minimum absolute atomic E-state index is 0.117. The molecule has 2 N–H and O–H groups in total. The molecule has 37 heavy (non-hydrogen) atoms. The van der Waals surface area contributed by atoms with Crippen molar-refractivity contribution in [2.45, 2.75) is 45.6 Å². The maximum atomic E-state index is 13.2. The van der Waals surface area contributed by atoms with E-state index in [0.29, 0.717) is 71.5 Å². The number of hydrogen-bond acceptors (Lipinski definition) is 6. The van der Waals surface area contributed by atoms with Crippen LogP contribution in [-0.4, -0.2) is 56.7 Å². The standard InChI is InChI=1S/C28H30N4O5/c1-16-21(27(34)31-11-9-28(3,35)15-31)14-32-25(16)22(8-10-30-32)37-19-6-7-20-23(12-19)36-17(2)24(20)26(33)29-13-18-4-5-18/h6-8,10,12,14,18,35H,4-5,9,11,13,15H2,1-3H3,(H,29,33)/t28-/m1/s1. The molecule has 1 saturated heterocycles. The lowest BCUT2D eigenvalue weighted by Gasteiger charge is -2.18. The predicted molar refractivity (Wildman–Crippen MR) is 137 cm³/mol. The second-order valence-corrected chi connectivity index (χ2v) is 10.6. The quantitative estimate of drug-likeness (QED) is 0.409. The molecule has 1 atom stereocenters. The Kier molecular flexibility index (Phi) is 5.49. The monoisotopic (exact) mass is 502 g/mol. The fourth-order valence-corrected chi connectivity index (χ4v) is 5.13. The van der Waals surface area contributed by atoms with Crippen LogP contribution in [0.25, 0.3) is 16.5 Å². The average Bonchev–Trinajstić information content (AvgIpc) is 3.41. The first-order valence-corrected chi connectivity index (χ1v) is 12.7. The molecule has 1 aliphatic heterocycles. The van der Waals surface area contributed by atoms with E-state index in [1.165, 1.54) is 12.8 Å². The van der Waals surface area contributed by atoms with E-state index in [9.17, 15) is 14.7 Å². The van der Waals surface area contributed by atoms with Crippen molar-refractivity contribution in [3.8, 4) is 11.5 Å². The lowest BCUT2D eigenvalue weighted by molar-refractivity contribution is 0.0572. The lowest BCUT2D eigenvalue weighted by Crippen LogP contribution is -2.34. The number of fused-ring (bicyclic) bond motifs is 2. The summed E-state index contributed by atoms with van der Waals surface area (Å²) in [4.78, 5) is 27.6. The number of aromatic nitrogens is 2. The molecule has 192 valence electrons. The number of nitrogens with one attached hydrogen (secondary N) is 1. The second kappa shape index (κ2) is 8.62. The molecule has 4 aromatic rings. The van der Waals surface area contributed by atoms with Gasteiger partial charge in [-0.15, -0.1) is 0 Å². The molecule has 2 amide bonds. The molecule has 4 heterocycles. The number of carbonyl (C=O) groups is 2. The first-order chi connectivity index (χ1) is 17.7. The van der Waals surface area contributed by atoms with Crippen molar-refractivity contribution in [2.24, 2.45) is 5.92 Å². The Morgan fingerprint density at radius 2 is 2.08 bits per heavy atom. The largest absolute Gasteiger partial charge is 0.460 e. The van der Waals surface area contributed by atoms with E-state index < -0.39 is 5.60 Å². The van der Waals surface area contributed by atoms with Crippen molar-refractivity contribution in [3.63, 3.8) is 0 Å². The van der Waals surface area contributed by atoms with Gasteiger partial charge in [0, 0.05) is 43.4 Å². The molecule has 9 nitrogen and oxygen atoms in total. The van der Waals surface area contributed by atoms with Crippen molar-refractivity contribution in [3.05, 3.63) is 59.1 Å². The van der Waals surface area contributed by atoms with E-state index in [1.807, 2.05) is 19.1 Å². The Balaban J connectivity index is 1.28. The van der Waals surface area contributed by atoms with Gasteiger partial charge in [0.2, 0.25) is 0 Å². The summed E-state index contributed by atoms with van der Waals surface area (Å²) >= 11 is 0. The number of aryl methyl sites for hydroxylation is 2. The van der Waals surface area contributed by atoms with Gasteiger partial charge in [0.15, 0.2) is 5.75 Å². The highest BCUT2D eigenvalue weighted by atomic mass is 16.5. The van der Waals surface area contributed by atoms with Gasteiger partial charge in [-0.1, -0.05) is 0 Å². The fourth-order valence-electron chi connectivity index (χ4n) is 5.13. The Hall–Kier alpha value is -3.85. The molecule has 0 unspecified atom stereocenters. The van der Waals surface area contributed by atoms with Crippen LogP contribution in [0.15, 0.2) is 41.1 Å². The van der Waals surface area contributed by atoms with Gasteiger partial charge in [0.1, 0.15) is 22.6 Å². The minimum atomic E-state index is -0.865. The molecule has 9 heteroatoms. The van der Waals surface area contributed by atoms with Crippen molar-refractivity contribution in [1.29, 1.82) is 0 Å². The molecule has 0 bridgehead atoms. The van der Waals surface area contributed by atoms with Crippen LogP contribution in [-0.2, 0) is 0 Å². The van der Waals surface area contributed by atoms with Gasteiger partial charge in [-0.05, 0) is 63.6 Å². The third-order valence-electron chi connectivity index (χ3n) is 7.40. The number of likely N-dealkylation sites (tertiary alicyclic amines) is 1. The number of carbonyl (C=O) groups excluding carboxylic acids is 2. The van der Waals surface area contributed by atoms with E-state index in [0.717, 1.165) is 10.9 Å². The number of aliphatic hydroxyl groups is 1. The number of nitrogens with zero attached hydrogens (tertiary/aromatic N) is 3. The van der Waals surface area contributed by atoms with Gasteiger partial charge in [-0.3, -0.25) is 9.59 Å². The summed E-state index contributed by atoms with van der Waals surface area (Å²) in [5, 5.41) is 18.4. The van der Waals surface area contributed by atoms with E-state index in [1.54, 1.807) is 47.8 Å². The van der Waals surface area contributed by atoms with Crippen LogP contribution in [0.4, 0.5) is 0 Å². The molecule has 0 spiro atoms. The molecular formula is C28H30N4O5. The van der Waals surface area contributed by atoms with Crippen LogP contribution >= 0.6 is 0 Å². The summed E-state index contributed by atoms with van der Waals surface area (Å²) in [7, 11) is 0. The average molecular weight is 503 g/mol. The van der Waals surface area contributed by atoms with Gasteiger partial charge >= 0.3 is 0 Å². The zero-order chi connectivity index (χ0) is 25.9. The number of benzene rings is 1. The van der Waals surface area contributed by atoms with Gasteiger partial charge in [0.25, 0.3) is 11.8 Å². The van der Waals surface area contributed by atoms with Gasteiger partial charge < -0.3 is 24.5 Å². The maximum absolute atomic E-state index is 13.2. The number of β-amino-alcohol motifs (C(OH)–C–C–N with tert-alkyl or cyclic N) is 1. The molecular weight excluding hydrogens is 472 g/mol. The minimum Gasteiger partial charge on any atom is -0.460 e. The zero-order valence-corrected chi connectivity index (χ0v) is 21.2. The fraction of sp³-hybridized carbons (Fsp3) is 0.393. The highest BCUT2D eigenvalue weighted by Gasteiger charge is 2.35. The van der Waals surface area contributed by atoms with E-state index >= 15 is 0 Å². The third kappa shape index (κ3) is 4.33. The smallest absolute Gasteiger partial charge is 0.255 e. The molecule has 1 aromatic carbocycles. The van der Waals surface area contributed by atoms with Gasteiger partial charge in [-0.25, -0.2) is 4.52 Å². The number of amides is 2. The van der Waals surface area contributed by atoms with Gasteiger partial charge in [0.05, 0.1) is 22.9 Å². The third-order valence-corrected chi connectivity index (χ3v) is 7.40. The summed E-state index contributed by atoms with van der Waals surface area (Å²) in [5.74, 6) is 2.00. The first-order valence-electron chi connectivity index (χ1n) is 12.7. The van der Waals surface area contributed by atoms with Crippen LogP contribution in [0.2, 0.25) is 0 Å². The van der Waals surface area contributed by atoms with Crippen LogP contribution in [0.1, 0.15) is 58.2 Å². The Bertz CT molecular complexity index is 1550. The molecule has 3 aromatic heterocycles. The Morgan fingerprint density at radius 3 is 2.81 bits per heavy atom. The van der Waals surface area contributed by atoms with Crippen LogP contribution < -0.4 is 10.1 Å². The molecule has 2 aliphatic rings. The molecule has 2 fully saturated rings. The van der Waals surface area contributed by atoms with E-state index in [4.69, 9.17) is 9.15 Å². The van der Waals surface area contributed by atoms with Crippen molar-refractivity contribution in [1.82, 2.24) is 19.8 Å². The summed E-state index contributed by atoms with van der Waals surface area (Å²) in [6.07, 6.45) is 6.22. The van der Waals surface area contributed by atoms with Crippen molar-refractivity contribution >= 4 is 28.3 Å². The number of furan rings is 1. The second-order valence-electron chi connectivity index (χ2n) is 10.6.